The molecular formula is C14H24N2O3S. The quantitative estimate of drug-likeness (QED) is 0.791. The summed E-state index contributed by atoms with van der Waals surface area (Å²) >= 11 is 0. The largest absolute Gasteiger partial charge is 0.396 e. The first kappa shape index (κ1) is 13.5. The van der Waals surface area contributed by atoms with Gasteiger partial charge in [-0.3, -0.25) is 4.90 Å². The predicted octanol–water partition coefficient (Wildman–Crippen LogP) is 0.257. The summed E-state index contributed by atoms with van der Waals surface area (Å²) in [7, 11) is -3.01. The van der Waals surface area contributed by atoms with Crippen LogP contribution in [0.1, 0.15) is 32.1 Å². The van der Waals surface area contributed by atoms with E-state index in [2.05, 4.69) is 4.90 Å². The Labute approximate surface area is 121 Å². The topological polar surface area (TPSA) is 60.9 Å². The summed E-state index contributed by atoms with van der Waals surface area (Å²) in [5.41, 5.74) is 0.0396. The monoisotopic (exact) mass is 300 g/mol. The maximum atomic E-state index is 12.3. The fourth-order valence-electron chi connectivity index (χ4n) is 3.93. The Balaban J connectivity index is 1.46. The zero-order valence-corrected chi connectivity index (χ0v) is 12.7. The molecule has 2 saturated carbocycles. The van der Waals surface area contributed by atoms with E-state index in [4.69, 9.17) is 0 Å². The van der Waals surface area contributed by atoms with Gasteiger partial charge in [0.05, 0.1) is 5.25 Å². The van der Waals surface area contributed by atoms with Gasteiger partial charge in [0.1, 0.15) is 0 Å². The minimum atomic E-state index is -3.01. The molecule has 2 aliphatic carbocycles. The minimum absolute atomic E-state index is 0.0396. The van der Waals surface area contributed by atoms with E-state index in [1.165, 1.54) is 12.8 Å². The van der Waals surface area contributed by atoms with Gasteiger partial charge in [-0.25, -0.2) is 8.42 Å². The van der Waals surface area contributed by atoms with Crippen molar-refractivity contribution in [3.8, 4) is 0 Å². The van der Waals surface area contributed by atoms with Crippen LogP contribution in [0.5, 0.6) is 0 Å². The second kappa shape index (κ2) is 4.41. The van der Waals surface area contributed by atoms with Gasteiger partial charge in [0.15, 0.2) is 0 Å². The molecule has 0 aromatic heterocycles. The predicted molar refractivity (Wildman–Crippen MR) is 75.7 cm³/mol. The van der Waals surface area contributed by atoms with Gasteiger partial charge < -0.3 is 5.11 Å². The highest BCUT2D eigenvalue weighted by atomic mass is 32.2. The maximum absolute atomic E-state index is 12.3. The molecule has 4 aliphatic rings. The van der Waals surface area contributed by atoms with Gasteiger partial charge in [-0.1, -0.05) is 0 Å². The molecule has 6 heteroatoms. The Morgan fingerprint density at radius 2 is 1.80 bits per heavy atom. The number of hydrogen-bond acceptors (Lipinski definition) is 4. The number of hydrogen-bond donors (Lipinski definition) is 1. The molecule has 0 bridgehead atoms. The fraction of sp³-hybridized carbons (Fsp3) is 1.00. The number of nitrogens with zero attached hydrogens (tertiary/aromatic N) is 2. The summed E-state index contributed by atoms with van der Waals surface area (Å²) in [5.74, 6) is 1.15. The van der Waals surface area contributed by atoms with Crippen molar-refractivity contribution in [2.45, 2.75) is 42.9 Å². The molecule has 1 spiro atoms. The molecule has 5 nitrogen and oxygen atoms in total. The molecule has 0 aromatic carbocycles. The lowest BCUT2D eigenvalue weighted by Crippen LogP contribution is -2.69. The van der Waals surface area contributed by atoms with Crippen molar-refractivity contribution in [1.82, 2.24) is 9.21 Å². The van der Waals surface area contributed by atoms with Crippen LogP contribution in [0.15, 0.2) is 0 Å². The van der Waals surface area contributed by atoms with Crippen molar-refractivity contribution in [3.05, 3.63) is 0 Å². The second-order valence-electron chi connectivity index (χ2n) is 7.34. The number of rotatable bonds is 5. The Morgan fingerprint density at radius 3 is 2.35 bits per heavy atom. The van der Waals surface area contributed by atoms with Crippen molar-refractivity contribution in [1.29, 1.82) is 0 Å². The lowest BCUT2D eigenvalue weighted by Gasteiger charge is -2.52. The van der Waals surface area contributed by atoms with Crippen molar-refractivity contribution in [3.63, 3.8) is 0 Å². The molecule has 2 saturated heterocycles. The van der Waals surface area contributed by atoms with E-state index < -0.39 is 10.0 Å². The van der Waals surface area contributed by atoms with E-state index >= 15 is 0 Å². The van der Waals surface area contributed by atoms with E-state index in [9.17, 15) is 13.5 Å². The van der Waals surface area contributed by atoms with E-state index in [1.807, 2.05) is 0 Å². The molecule has 114 valence electrons. The molecule has 4 fully saturated rings. The maximum Gasteiger partial charge on any atom is 0.217 e. The van der Waals surface area contributed by atoms with Gasteiger partial charge >= 0.3 is 0 Å². The minimum Gasteiger partial charge on any atom is -0.396 e. The van der Waals surface area contributed by atoms with Crippen LogP contribution in [0.3, 0.4) is 0 Å². The molecule has 4 rings (SSSR count). The molecule has 0 radical (unpaired) electrons. The summed E-state index contributed by atoms with van der Waals surface area (Å²) in [6.45, 7) is 3.61. The Hall–Kier alpha value is -0.170. The third-order valence-electron chi connectivity index (χ3n) is 5.50. The van der Waals surface area contributed by atoms with Crippen LogP contribution in [0, 0.1) is 11.8 Å². The van der Waals surface area contributed by atoms with Gasteiger partial charge in [-0.2, -0.15) is 4.31 Å². The molecule has 0 amide bonds. The fourth-order valence-corrected chi connectivity index (χ4v) is 5.93. The number of aliphatic hydroxyl groups excluding tert-OH is 1. The average molecular weight is 300 g/mol. The SMILES string of the molecule is O=S(=O)(C1CC1)N1CC2(C[C@@H](CO)CN2CC2CC2)C1. The van der Waals surface area contributed by atoms with Gasteiger partial charge in [0.2, 0.25) is 10.0 Å². The van der Waals surface area contributed by atoms with Gasteiger partial charge in [-0.15, -0.1) is 0 Å². The third kappa shape index (κ3) is 2.12. The number of sulfonamides is 1. The lowest BCUT2D eigenvalue weighted by molar-refractivity contribution is 0.0167. The number of aliphatic hydroxyl groups is 1. The summed E-state index contributed by atoms with van der Waals surface area (Å²) in [6.07, 6.45) is 5.29. The van der Waals surface area contributed by atoms with E-state index in [1.54, 1.807) is 4.31 Å². The third-order valence-corrected chi connectivity index (χ3v) is 7.79. The smallest absolute Gasteiger partial charge is 0.217 e. The molecule has 2 aliphatic heterocycles. The summed E-state index contributed by atoms with van der Waals surface area (Å²) in [5, 5.41) is 9.36. The van der Waals surface area contributed by atoms with Gasteiger partial charge in [-0.05, 0) is 43.9 Å². The van der Waals surface area contributed by atoms with Crippen molar-refractivity contribution in [2.75, 3.05) is 32.8 Å². The lowest BCUT2D eigenvalue weighted by atomic mass is 9.86. The molecular weight excluding hydrogens is 276 g/mol. The number of likely N-dealkylation sites (tertiary alicyclic amines) is 1. The highest BCUT2D eigenvalue weighted by molar-refractivity contribution is 7.90. The van der Waals surface area contributed by atoms with Crippen molar-refractivity contribution >= 4 is 10.0 Å². The summed E-state index contributed by atoms with van der Waals surface area (Å²) < 4.78 is 26.2. The van der Waals surface area contributed by atoms with Gasteiger partial charge in [0.25, 0.3) is 0 Å². The molecule has 0 unspecified atom stereocenters. The highest BCUT2D eigenvalue weighted by Gasteiger charge is 2.58. The van der Waals surface area contributed by atoms with Crippen LogP contribution < -0.4 is 0 Å². The Kier molecular flexibility index (Phi) is 2.98. The van der Waals surface area contributed by atoms with Crippen LogP contribution in [-0.2, 0) is 10.0 Å². The first-order chi connectivity index (χ1) is 9.53. The highest BCUT2D eigenvalue weighted by Crippen LogP contribution is 2.46. The van der Waals surface area contributed by atoms with Crippen molar-refractivity contribution in [2.24, 2.45) is 11.8 Å². The van der Waals surface area contributed by atoms with Crippen molar-refractivity contribution < 1.29 is 13.5 Å². The van der Waals surface area contributed by atoms with Crippen LogP contribution >= 0.6 is 0 Å². The second-order valence-corrected chi connectivity index (χ2v) is 9.55. The van der Waals surface area contributed by atoms with Crippen LogP contribution in [-0.4, -0.2) is 66.3 Å². The summed E-state index contributed by atoms with van der Waals surface area (Å²) in [4.78, 5) is 2.49. The van der Waals surface area contributed by atoms with E-state index in [-0.39, 0.29) is 17.4 Å². The van der Waals surface area contributed by atoms with Gasteiger partial charge in [0, 0.05) is 38.3 Å². The molecule has 1 N–H and O–H groups in total. The average Bonchev–Trinajstić information content (AvgIpc) is 3.22. The first-order valence-corrected chi connectivity index (χ1v) is 9.39. The van der Waals surface area contributed by atoms with Crippen LogP contribution in [0.25, 0.3) is 0 Å². The normalized spacial score (nSPS) is 34.5. The Bertz CT molecular complexity index is 493. The Morgan fingerprint density at radius 1 is 1.10 bits per heavy atom. The van der Waals surface area contributed by atoms with E-state index in [0.717, 1.165) is 38.3 Å². The standard InChI is InChI=1S/C14H24N2O3S/c17-8-12-5-14(15(7-12)6-11-1-2-11)9-16(10-14)20(18,19)13-3-4-13/h11-13,17H,1-10H2/t12-/m1/s1. The van der Waals surface area contributed by atoms with Crippen LogP contribution in [0.4, 0.5) is 0 Å². The van der Waals surface area contributed by atoms with E-state index in [0.29, 0.717) is 19.0 Å². The van der Waals surface area contributed by atoms with Crippen LogP contribution in [0.2, 0.25) is 0 Å². The molecule has 1 atom stereocenters. The molecule has 0 aromatic rings. The molecule has 20 heavy (non-hydrogen) atoms. The summed E-state index contributed by atoms with van der Waals surface area (Å²) in [6, 6.07) is 0. The zero-order valence-electron chi connectivity index (χ0n) is 11.9. The zero-order chi connectivity index (χ0) is 14.0. The first-order valence-electron chi connectivity index (χ1n) is 7.88. The molecule has 2 heterocycles.